The summed E-state index contributed by atoms with van der Waals surface area (Å²) in [6, 6.07) is 11.6. The van der Waals surface area contributed by atoms with E-state index in [1.807, 2.05) is 31.2 Å². The van der Waals surface area contributed by atoms with Gasteiger partial charge in [-0.15, -0.1) is 11.8 Å². The van der Waals surface area contributed by atoms with Crippen LogP contribution in [0.15, 0.2) is 35.4 Å². The number of ether oxygens (including phenoxy) is 1. The van der Waals surface area contributed by atoms with E-state index in [0.29, 0.717) is 34.2 Å². The lowest BCUT2D eigenvalue weighted by molar-refractivity contribution is 0.101. The molecule has 1 heterocycles. The molecule has 1 aromatic carbocycles. The van der Waals surface area contributed by atoms with E-state index < -0.39 is 0 Å². The molecule has 0 saturated heterocycles. The maximum Gasteiger partial charge on any atom is 0.161 e. The molecule has 118 valence electrons. The smallest absolute Gasteiger partial charge is 0.161 e. The van der Waals surface area contributed by atoms with E-state index in [-0.39, 0.29) is 5.78 Å². The summed E-state index contributed by atoms with van der Waals surface area (Å²) in [5.74, 6) is 1.42. The van der Waals surface area contributed by atoms with Crippen molar-refractivity contribution < 1.29 is 9.53 Å². The number of nitrogens with zero attached hydrogens (tertiary/aromatic N) is 2. The summed E-state index contributed by atoms with van der Waals surface area (Å²) in [5, 5.41) is 9.87. The number of Topliss-reactive ketones (excluding diaryl/α,β-unsaturated/α-hetero) is 1. The molecule has 2 rings (SSSR count). The Balaban J connectivity index is 1.98. The third kappa shape index (κ3) is 4.57. The maximum absolute atomic E-state index is 11.5. The first-order valence-electron chi connectivity index (χ1n) is 7.26. The first-order chi connectivity index (χ1) is 11.0. The van der Waals surface area contributed by atoms with E-state index >= 15 is 0 Å². The second-order valence-electron chi connectivity index (χ2n) is 5.15. The number of pyridine rings is 1. The number of nitriles is 1. The average molecular weight is 326 g/mol. The number of carbonyl (C=O) groups excluding carboxylic acids is 1. The molecule has 0 aliphatic rings. The van der Waals surface area contributed by atoms with Crippen molar-refractivity contribution in [3.05, 3.63) is 52.7 Å². The van der Waals surface area contributed by atoms with Crippen LogP contribution < -0.4 is 4.74 Å². The first kappa shape index (κ1) is 17.0. The second-order valence-corrected chi connectivity index (χ2v) is 6.24. The number of hydrogen-bond acceptors (Lipinski definition) is 5. The van der Waals surface area contributed by atoms with Crippen LogP contribution in [0.2, 0.25) is 0 Å². The van der Waals surface area contributed by atoms with Crippen LogP contribution in [0.3, 0.4) is 0 Å². The SMILES string of the molecule is CC(=O)c1cc(C#N)c(SCCOc2ccc(C)cc2)nc1C. The minimum absolute atomic E-state index is 0.0780. The van der Waals surface area contributed by atoms with Crippen LogP contribution in [0.1, 0.15) is 34.1 Å². The van der Waals surface area contributed by atoms with Crippen molar-refractivity contribution in [3.8, 4) is 11.8 Å². The molecule has 23 heavy (non-hydrogen) atoms. The van der Waals surface area contributed by atoms with Gasteiger partial charge in [0.2, 0.25) is 0 Å². The van der Waals surface area contributed by atoms with Gasteiger partial charge in [-0.3, -0.25) is 4.79 Å². The highest BCUT2D eigenvalue weighted by atomic mass is 32.2. The van der Waals surface area contributed by atoms with Crippen LogP contribution >= 0.6 is 11.8 Å². The standard InChI is InChI=1S/C18H18N2O2S/c1-12-4-6-16(7-5-12)22-8-9-23-18-15(11-19)10-17(14(3)21)13(2)20-18/h4-7,10H,8-9H2,1-3H3. The number of aromatic nitrogens is 1. The number of aryl methyl sites for hydroxylation is 2. The van der Waals surface area contributed by atoms with Gasteiger partial charge in [0.25, 0.3) is 0 Å². The van der Waals surface area contributed by atoms with Crippen molar-refractivity contribution in [3.63, 3.8) is 0 Å². The van der Waals surface area contributed by atoms with Gasteiger partial charge in [-0.1, -0.05) is 17.7 Å². The van der Waals surface area contributed by atoms with E-state index in [2.05, 4.69) is 11.1 Å². The molecule has 0 saturated carbocycles. The topological polar surface area (TPSA) is 63.0 Å². The van der Waals surface area contributed by atoms with Crippen LogP contribution in [0.5, 0.6) is 5.75 Å². The third-order valence-corrected chi connectivity index (χ3v) is 4.25. The quantitative estimate of drug-likeness (QED) is 0.457. The van der Waals surface area contributed by atoms with Crippen molar-refractivity contribution in [2.45, 2.75) is 25.8 Å². The number of rotatable bonds is 6. The van der Waals surface area contributed by atoms with Crippen LogP contribution in [-0.2, 0) is 0 Å². The monoisotopic (exact) mass is 326 g/mol. The van der Waals surface area contributed by atoms with Crippen LogP contribution in [0, 0.1) is 25.2 Å². The Kier molecular flexibility index (Phi) is 5.78. The zero-order valence-electron chi connectivity index (χ0n) is 13.4. The first-order valence-corrected chi connectivity index (χ1v) is 8.24. The second kappa shape index (κ2) is 7.80. The van der Waals surface area contributed by atoms with Gasteiger partial charge in [-0.2, -0.15) is 5.26 Å². The van der Waals surface area contributed by atoms with E-state index in [1.165, 1.54) is 24.2 Å². The molecule has 0 bridgehead atoms. The molecule has 0 unspecified atom stereocenters. The Labute approximate surface area is 140 Å². The Morgan fingerprint density at radius 2 is 2.00 bits per heavy atom. The predicted octanol–water partition coefficient (Wildman–Crippen LogP) is 3.94. The summed E-state index contributed by atoms with van der Waals surface area (Å²) in [4.78, 5) is 15.9. The molecule has 0 amide bonds. The largest absolute Gasteiger partial charge is 0.493 e. The van der Waals surface area contributed by atoms with Gasteiger partial charge in [-0.05, 0) is 39.0 Å². The van der Waals surface area contributed by atoms with Gasteiger partial charge in [0.05, 0.1) is 12.2 Å². The van der Waals surface area contributed by atoms with E-state index in [0.717, 1.165) is 5.75 Å². The van der Waals surface area contributed by atoms with E-state index in [9.17, 15) is 10.1 Å². The van der Waals surface area contributed by atoms with Gasteiger partial charge in [0, 0.05) is 17.0 Å². The minimum atomic E-state index is -0.0780. The Morgan fingerprint density at radius 3 is 2.61 bits per heavy atom. The molecule has 0 radical (unpaired) electrons. The molecular formula is C18H18N2O2S. The fourth-order valence-electron chi connectivity index (χ4n) is 2.06. The highest BCUT2D eigenvalue weighted by Gasteiger charge is 2.12. The fourth-order valence-corrected chi connectivity index (χ4v) is 2.88. The van der Waals surface area contributed by atoms with Gasteiger partial charge in [0.15, 0.2) is 5.78 Å². The number of hydrogen-bond donors (Lipinski definition) is 0. The van der Waals surface area contributed by atoms with Crippen molar-refractivity contribution in [2.24, 2.45) is 0 Å². The molecule has 0 N–H and O–H groups in total. The zero-order chi connectivity index (χ0) is 16.8. The van der Waals surface area contributed by atoms with Crippen molar-refractivity contribution >= 4 is 17.5 Å². The van der Waals surface area contributed by atoms with E-state index in [4.69, 9.17) is 4.74 Å². The molecule has 4 nitrogen and oxygen atoms in total. The Bertz CT molecular complexity index is 749. The lowest BCUT2D eigenvalue weighted by Gasteiger charge is -2.09. The van der Waals surface area contributed by atoms with Gasteiger partial charge < -0.3 is 4.74 Å². The zero-order valence-corrected chi connectivity index (χ0v) is 14.2. The Morgan fingerprint density at radius 1 is 1.30 bits per heavy atom. The van der Waals surface area contributed by atoms with Crippen molar-refractivity contribution in [1.82, 2.24) is 4.98 Å². The third-order valence-electron chi connectivity index (χ3n) is 3.29. The van der Waals surface area contributed by atoms with Gasteiger partial charge in [-0.25, -0.2) is 4.98 Å². The fraction of sp³-hybridized carbons (Fsp3) is 0.278. The molecule has 0 atom stereocenters. The summed E-state index contributed by atoms with van der Waals surface area (Å²) in [7, 11) is 0. The molecule has 1 aromatic heterocycles. The van der Waals surface area contributed by atoms with Gasteiger partial charge >= 0.3 is 0 Å². The number of carbonyl (C=O) groups is 1. The predicted molar refractivity (Wildman–Crippen MR) is 91.1 cm³/mol. The minimum Gasteiger partial charge on any atom is -0.493 e. The molecule has 0 fully saturated rings. The van der Waals surface area contributed by atoms with Crippen molar-refractivity contribution in [2.75, 3.05) is 12.4 Å². The van der Waals surface area contributed by atoms with Crippen LogP contribution in [0.4, 0.5) is 0 Å². The lowest BCUT2D eigenvalue weighted by Crippen LogP contribution is -2.04. The summed E-state index contributed by atoms with van der Waals surface area (Å²) >= 11 is 1.46. The van der Waals surface area contributed by atoms with E-state index in [1.54, 1.807) is 13.0 Å². The maximum atomic E-state index is 11.5. The van der Waals surface area contributed by atoms with Crippen molar-refractivity contribution in [1.29, 1.82) is 5.26 Å². The molecule has 0 aliphatic heterocycles. The number of thioether (sulfide) groups is 1. The van der Waals surface area contributed by atoms with Crippen LogP contribution in [0.25, 0.3) is 0 Å². The highest BCUT2D eigenvalue weighted by molar-refractivity contribution is 7.99. The average Bonchev–Trinajstić information content (AvgIpc) is 2.53. The molecule has 5 heteroatoms. The summed E-state index contributed by atoms with van der Waals surface area (Å²) in [6.07, 6.45) is 0. The van der Waals surface area contributed by atoms with Crippen LogP contribution in [-0.4, -0.2) is 23.1 Å². The normalized spacial score (nSPS) is 10.2. The Hall–Kier alpha value is -2.32. The molecule has 0 aliphatic carbocycles. The molecular weight excluding hydrogens is 308 g/mol. The van der Waals surface area contributed by atoms with Gasteiger partial charge in [0.1, 0.15) is 16.8 Å². The summed E-state index contributed by atoms with van der Waals surface area (Å²) in [6.45, 7) is 5.81. The lowest BCUT2D eigenvalue weighted by atomic mass is 10.1. The molecule has 0 spiro atoms. The molecule has 2 aromatic rings. The summed E-state index contributed by atoms with van der Waals surface area (Å²) < 4.78 is 5.66. The number of benzene rings is 1. The highest BCUT2D eigenvalue weighted by Crippen LogP contribution is 2.23. The number of ketones is 1. The summed E-state index contributed by atoms with van der Waals surface area (Å²) in [5.41, 5.74) is 2.78.